The lowest BCUT2D eigenvalue weighted by atomic mass is 10.1. The van der Waals surface area contributed by atoms with Crippen molar-refractivity contribution in [2.24, 2.45) is 0 Å². The van der Waals surface area contributed by atoms with Crippen molar-refractivity contribution < 1.29 is 0 Å². The van der Waals surface area contributed by atoms with E-state index < -0.39 is 0 Å². The van der Waals surface area contributed by atoms with Crippen LogP contribution < -0.4 is 0 Å². The van der Waals surface area contributed by atoms with E-state index in [0.29, 0.717) is 0 Å². The second-order valence-electron chi connectivity index (χ2n) is 3.51. The summed E-state index contributed by atoms with van der Waals surface area (Å²) in [4.78, 5) is 0. The summed E-state index contributed by atoms with van der Waals surface area (Å²) in [5, 5.41) is 0. The summed E-state index contributed by atoms with van der Waals surface area (Å²) in [6, 6.07) is 10.2. The highest BCUT2D eigenvalue weighted by molar-refractivity contribution is 5.72. The average Bonchev–Trinajstić information content (AvgIpc) is 2.55. The zero-order valence-corrected chi connectivity index (χ0v) is 14.0. The molecule has 0 aliphatic carbocycles. The molecule has 1 aromatic rings. The molecule has 0 fully saturated rings. The van der Waals surface area contributed by atoms with E-state index in [0.717, 1.165) is 11.1 Å². The molecule has 0 aliphatic rings. The largest absolute Gasteiger partial charge is 0.0912 e. The molecule has 0 heterocycles. The zero-order chi connectivity index (χ0) is 15.8. The summed E-state index contributed by atoms with van der Waals surface area (Å²) in [6.45, 7) is 16.1. The predicted octanol–water partition coefficient (Wildman–Crippen LogP) is 6.83. The average molecular weight is 270 g/mol. The SMILES string of the molecule is C=C(/C=C/C(/C=C\C)=C/C)c1ccccc1.CC.CC. The van der Waals surface area contributed by atoms with Crippen LogP contribution in [0.5, 0.6) is 0 Å². The molecule has 0 saturated heterocycles. The van der Waals surface area contributed by atoms with Gasteiger partial charge in [0.05, 0.1) is 0 Å². The van der Waals surface area contributed by atoms with Gasteiger partial charge in [0.2, 0.25) is 0 Å². The van der Waals surface area contributed by atoms with E-state index in [-0.39, 0.29) is 0 Å². The van der Waals surface area contributed by atoms with Crippen molar-refractivity contribution in [2.45, 2.75) is 41.5 Å². The van der Waals surface area contributed by atoms with Crippen LogP contribution in [0.3, 0.4) is 0 Å². The Morgan fingerprint density at radius 2 is 1.40 bits per heavy atom. The van der Waals surface area contributed by atoms with E-state index in [2.05, 4.69) is 36.9 Å². The van der Waals surface area contributed by atoms with E-state index in [1.807, 2.05) is 71.9 Å². The van der Waals surface area contributed by atoms with Crippen LogP contribution in [-0.4, -0.2) is 0 Å². The van der Waals surface area contributed by atoms with Crippen LogP contribution in [0.1, 0.15) is 47.1 Å². The highest BCUT2D eigenvalue weighted by atomic mass is 14.0. The molecule has 0 radical (unpaired) electrons. The van der Waals surface area contributed by atoms with Gasteiger partial charge in [0.15, 0.2) is 0 Å². The summed E-state index contributed by atoms with van der Waals surface area (Å²) in [5.41, 5.74) is 3.39. The van der Waals surface area contributed by atoms with Gasteiger partial charge in [-0.25, -0.2) is 0 Å². The Morgan fingerprint density at radius 1 is 0.850 bits per heavy atom. The molecule has 0 amide bonds. The zero-order valence-electron chi connectivity index (χ0n) is 14.0. The second-order valence-corrected chi connectivity index (χ2v) is 3.51. The summed E-state index contributed by atoms with van der Waals surface area (Å²) in [6.07, 6.45) is 10.3. The predicted molar refractivity (Wildman–Crippen MR) is 95.9 cm³/mol. The number of hydrogen-bond acceptors (Lipinski definition) is 0. The monoisotopic (exact) mass is 270 g/mol. The van der Waals surface area contributed by atoms with E-state index in [4.69, 9.17) is 0 Å². The second kappa shape index (κ2) is 15.2. The molecule has 0 atom stereocenters. The molecule has 0 heteroatoms. The maximum atomic E-state index is 4.05. The van der Waals surface area contributed by atoms with Crippen molar-refractivity contribution in [3.8, 4) is 0 Å². The number of hydrogen-bond donors (Lipinski definition) is 0. The normalized spacial score (nSPS) is 10.6. The summed E-state index contributed by atoms with van der Waals surface area (Å²) < 4.78 is 0. The van der Waals surface area contributed by atoms with Crippen molar-refractivity contribution in [1.82, 2.24) is 0 Å². The maximum absolute atomic E-state index is 4.05. The minimum atomic E-state index is 1.03. The minimum Gasteiger partial charge on any atom is -0.0912 e. The van der Waals surface area contributed by atoms with Gasteiger partial charge in [0.25, 0.3) is 0 Å². The quantitative estimate of drug-likeness (QED) is 0.526. The van der Waals surface area contributed by atoms with Crippen molar-refractivity contribution in [2.75, 3.05) is 0 Å². The van der Waals surface area contributed by atoms with E-state index in [1.165, 1.54) is 5.57 Å². The molecule has 1 aromatic carbocycles. The van der Waals surface area contributed by atoms with Crippen LogP contribution in [0, 0.1) is 0 Å². The highest BCUT2D eigenvalue weighted by Crippen LogP contribution is 2.14. The first kappa shape index (κ1) is 20.5. The molecule has 0 spiro atoms. The fourth-order valence-electron chi connectivity index (χ4n) is 1.39. The fourth-order valence-corrected chi connectivity index (χ4v) is 1.39. The third-order valence-corrected chi connectivity index (χ3v) is 2.31. The van der Waals surface area contributed by atoms with Crippen LogP contribution in [0.4, 0.5) is 0 Å². The first-order chi connectivity index (χ1) is 9.77. The molecular weight excluding hydrogens is 240 g/mol. The van der Waals surface area contributed by atoms with Crippen LogP contribution in [0.25, 0.3) is 5.57 Å². The molecule has 20 heavy (non-hydrogen) atoms. The van der Waals surface area contributed by atoms with Gasteiger partial charge in [0, 0.05) is 0 Å². The Balaban J connectivity index is 0. The third-order valence-electron chi connectivity index (χ3n) is 2.31. The number of benzene rings is 1. The lowest BCUT2D eigenvalue weighted by Gasteiger charge is -1.99. The maximum Gasteiger partial charge on any atom is -0.0190 e. The van der Waals surface area contributed by atoms with Gasteiger partial charge in [-0.1, -0.05) is 95.0 Å². The topological polar surface area (TPSA) is 0 Å². The first-order valence-electron chi connectivity index (χ1n) is 7.49. The van der Waals surface area contributed by atoms with Crippen LogP contribution in [0.15, 0.2) is 72.9 Å². The number of allylic oxidation sites excluding steroid dienone is 7. The van der Waals surface area contributed by atoms with Gasteiger partial charge in [-0.05, 0) is 30.6 Å². The highest BCUT2D eigenvalue weighted by Gasteiger charge is 1.92. The number of rotatable bonds is 4. The molecule has 0 nitrogen and oxygen atoms in total. The van der Waals surface area contributed by atoms with Crippen molar-refractivity contribution in [3.63, 3.8) is 0 Å². The molecule has 0 unspecified atom stereocenters. The van der Waals surface area contributed by atoms with Gasteiger partial charge in [0.1, 0.15) is 0 Å². The van der Waals surface area contributed by atoms with Crippen molar-refractivity contribution in [1.29, 1.82) is 0 Å². The van der Waals surface area contributed by atoms with E-state index in [1.54, 1.807) is 0 Å². The van der Waals surface area contributed by atoms with Gasteiger partial charge < -0.3 is 0 Å². The molecule has 0 N–H and O–H groups in total. The summed E-state index contributed by atoms with van der Waals surface area (Å²) in [7, 11) is 0. The van der Waals surface area contributed by atoms with Crippen LogP contribution >= 0.6 is 0 Å². The standard InChI is InChI=1S/C16H18.2C2H6/c1-4-9-15(5-2)13-12-14(3)16-10-7-6-8-11-16;2*1-2/h4-13H,3H2,1-2H3;2*1-2H3/b9-4-,13-12+,15-5+;;. The van der Waals surface area contributed by atoms with Gasteiger partial charge in [-0.2, -0.15) is 0 Å². The molecular formula is C20H30. The lowest BCUT2D eigenvalue weighted by Crippen LogP contribution is -1.77. The fraction of sp³-hybridized carbons (Fsp3) is 0.300. The Bertz CT molecular complexity index is 417. The third kappa shape index (κ3) is 9.16. The Morgan fingerprint density at radius 3 is 1.85 bits per heavy atom. The summed E-state index contributed by atoms with van der Waals surface area (Å²) in [5.74, 6) is 0. The molecule has 0 aromatic heterocycles. The smallest absolute Gasteiger partial charge is 0.0190 e. The minimum absolute atomic E-state index is 1.03. The van der Waals surface area contributed by atoms with Crippen molar-refractivity contribution in [3.05, 3.63) is 78.4 Å². The van der Waals surface area contributed by atoms with Gasteiger partial charge in [-0.15, -0.1) is 0 Å². The molecule has 0 aliphatic heterocycles. The lowest BCUT2D eigenvalue weighted by molar-refractivity contribution is 1.50. The first-order valence-corrected chi connectivity index (χ1v) is 7.49. The van der Waals surface area contributed by atoms with Gasteiger partial charge >= 0.3 is 0 Å². The molecule has 0 saturated carbocycles. The van der Waals surface area contributed by atoms with E-state index in [9.17, 15) is 0 Å². The van der Waals surface area contributed by atoms with Crippen LogP contribution in [0.2, 0.25) is 0 Å². The van der Waals surface area contributed by atoms with Gasteiger partial charge in [-0.3, -0.25) is 0 Å². The molecule has 110 valence electrons. The molecule has 0 bridgehead atoms. The Labute approximate surface area is 126 Å². The Kier molecular flexibility index (Phi) is 15.6. The van der Waals surface area contributed by atoms with Crippen LogP contribution in [-0.2, 0) is 0 Å². The van der Waals surface area contributed by atoms with E-state index >= 15 is 0 Å². The Hall–Kier alpha value is -1.82. The summed E-state index contributed by atoms with van der Waals surface area (Å²) >= 11 is 0. The van der Waals surface area contributed by atoms with Crippen molar-refractivity contribution >= 4 is 5.57 Å². The molecule has 1 rings (SSSR count).